The second-order valence-electron chi connectivity index (χ2n) is 6.35. The molecule has 0 fully saturated rings. The Bertz CT molecular complexity index is 1090. The molecule has 3 N–H and O–H groups in total. The molecule has 0 spiro atoms. The van der Waals surface area contributed by atoms with Crippen molar-refractivity contribution >= 4 is 32.4 Å². The normalized spacial score (nSPS) is 11.5. The number of hydrogen-bond donors (Lipinski definition) is 3. The Kier molecular flexibility index (Phi) is 5.92. The van der Waals surface area contributed by atoms with Crippen LogP contribution in [-0.4, -0.2) is 36.1 Å². The smallest absolute Gasteiger partial charge is 0.240 e. The van der Waals surface area contributed by atoms with E-state index in [1.54, 1.807) is 31.5 Å². The summed E-state index contributed by atoms with van der Waals surface area (Å²) in [6.45, 7) is 5.28. The molecule has 3 rings (SSSR count). The Hall–Kier alpha value is -2.56. The first kappa shape index (κ1) is 20.2. The molecule has 0 saturated carbocycles. The summed E-state index contributed by atoms with van der Waals surface area (Å²) in [6, 6.07) is 5.28. The monoisotopic (exact) mass is 419 g/mol. The second-order valence-corrected chi connectivity index (χ2v) is 9.08. The number of nitrogens with one attached hydrogen (secondary N) is 3. The number of amides is 1. The van der Waals surface area contributed by atoms with Crippen LogP contribution >= 0.6 is 11.3 Å². The first-order valence-corrected chi connectivity index (χ1v) is 10.9. The number of rotatable bonds is 7. The Morgan fingerprint density at radius 3 is 2.75 bits per heavy atom. The fourth-order valence-corrected chi connectivity index (χ4v) is 5.03. The molecule has 0 aliphatic rings. The molecule has 148 valence electrons. The van der Waals surface area contributed by atoms with E-state index in [0.29, 0.717) is 17.1 Å². The molecule has 28 heavy (non-hydrogen) atoms. The molecule has 0 aliphatic heterocycles. The van der Waals surface area contributed by atoms with Crippen LogP contribution in [-0.2, 0) is 21.2 Å². The van der Waals surface area contributed by atoms with E-state index in [9.17, 15) is 13.2 Å². The van der Waals surface area contributed by atoms with Gasteiger partial charge < -0.3 is 5.32 Å². The van der Waals surface area contributed by atoms with Gasteiger partial charge in [-0.25, -0.2) is 18.1 Å². The molecule has 0 aliphatic carbocycles. The van der Waals surface area contributed by atoms with Crippen LogP contribution in [0.4, 0.5) is 5.13 Å². The molecule has 0 unspecified atom stereocenters. The topological polar surface area (TPSA) is 117 Å². The molecule has 1 amide bonds. The number of anilines is 1. The first-order valence-electron chi connectivity index (χ1n) is 8.59. The van der Waals surface area contributed by atoms with Crippen LogP contribution < -0.4 is 10.0 Å². The molecule has 0 radical (unpaired) electrons. The Morgan fingerprint density at radius 1 is 1.29 bits per heavy atom. The summed E-state index contributed by atoms with van der Waals surface area (Å²) >= 11 is 1.31. The van der Waals surface area contributed by atoms with Crippen molar-refractivity contribution in [2.45, 2.75) is 32.1 Å². The molecule has 8 nitrogen and oxygen atoms in total. The average Bonchev–Trinajstić information content (AvgIpc) is 3.24. The van der Waals surface area contributed by atoms with Crippen molar-refractivity contribution in [3.05, 3.63) is 47.4 Å². The number of H-pyrrole nitrogens is 1. The van der Waals surface area contributed by atoms with E-state index in [0.717, 1.165) is 21.7 Å². The zero-order valence-electron chi connectivity index (χ0n) is 15.7. The highest BCUT2D eigenvalue weighted by molar-refractivity contribution is 7.89. The van der Waals surface area contributed by atoms with E-state index < -0.39 is 10.0 Å². The van der Waals surface area contributed by atoms with E-state index in [1.807, 2.05) is 13.0 Å². The lowest BCUT2D eigenvalue weighted by Gasteiger charge is -2.11. The van der Waals surface area contributed by atoms with Crippen molar-refractivity contribution in [1.29, 1.82) is 0 Å². The quantitative estimate of drug-likeness (QED) is 0.544. The number of aryl methyl sites for hydroxylation is 2. The highest BCUT2D eigenvalue weighted by Crippen LogP contribution is 2.34. The lowest BCUT2D eigenvalue weighted by Crippen LogP contribution is -2.26. The summed E-state index contributed by atoms with van der Waals surface area (Å²) in [6.07, 6.45) is 3.95. The van der Waals surface area contributed by atoms with Crippen LogP contribution in [0.25, 0.3) is 10.4 Å². The minimum absolute atomic E-state index is 0.200. The van der Waals surface area contributed by atoms with Gasteiger partial charge in [0, 0.05) is 19.7 Å². The third-order valence-electron chi connectivity index (χ3n) is 4.08. The zero-order valence-corrected chi connectivity index (χ0v) is 17.4. The van der Waals surface area contributed by atoms with E-state index in [2.05, 4.69) is 25.2 Å². The summed E-state index contributed by atoms with van der Waals surface area (Å²) in [5.41, 5.74) is 3.06. The van der Waals surface area contributed by atoms with Gasteiger partial charge in [0.25, 0.3) is 0 Å². The zero-order chi connectivity index (χ0) is 20.3. The largest absolute Gasteiger partial charge is 0.302 e. The molecule has 2 aromatic heterocycles. The number of nitrogens with zero attached hydrogens (tertiary/aromatic N) is 2. The van der Waals surface area contributed by atoms with Gasteiger partial charge in [0.2, 0.25) is 15.9 Å². The van der Waals surface area contributed by atoms with Gasteiger partial charge in [0.15, 0.2) is 5.13 Å². The Morgan fingerprint density at radius 2 is 2.07 bits per heavy atom. The van der Waals surface area contributed by atoms with Gasteiger partial charge in [0.05, 0.1) is 21.7 Å². The molecule has 1 aromatic carbocycles. The lowest BCUT2D eigenvalue weighted by molar-refractivity contribution is -0.114. The standard InChI is InChI=1S/C18H21N5O3S2/c1-11-4-5-15(17-12(2)22-18(27-17)23-13(3)24)8-16(11)28(25,26)21-7-6-14-9-19-20-10-14/h4-5,8-10,21H,6-7H2,1-3H3,(H,19,20)(H,22,23,24). The minimum Gasteiger partial charge on any atom is -0.302 e. The van der Waals surface area contributed by atoms with E-state index in [1.165, 1.54) is 18.3 Å². The highest BCUT2D eigenvalue weighted by Gasteiger charge is 2.19. The predicted molar refractivity (Wildman–Crippen MR) is 109 cm³/mol. The highest BCUT2D eigenvalue weighted by atomic mass is 32.2. The van der Waals surface area contributed by atoms with Crippen LogP contribution in [0.15, 0.2) is 35.5 Å². The third-order valence-corrected chi connectivity index (χ3v) is 6.80. The minimum atomic E-state index is -3.67. The molecule has 10 heteroatoms. The van der Waals surface area contributed by atoms with Crippen LogP contribution in [0.3, 0.4) is 0 Å². The molecule has 2 heterocycles. The van der Waals surface area contributed by atoms with Crippen LogP contribution in [0, 0.1) is 13.8 Å². The van der Waals surface area contributed by atoms with E-state index in [-0.39, 0.29) is 17.3 Å². The van der Waals surface area contributed by atoms with Gasteiger partial charge in [0.1, 0.15) is 0 Å². The van der Waals surface area contributed by atoms with Gasteiger partial charge in [-0.15, -0.1) is 0 Å². The Labute approximate surface area is 167 Å². The lowest BCUT2D eigenvalue weighted by atomic mass is 10.1. The third kappa shape index (κ3) is 4.64. The van der Waals surface area contributed by atoms with E-state index in [4.69, 9.17) is 0 Å². The first-order chi connectivity index (χ1) is 13.3. The van der Waals surface area contributed by atoms with Crippen molar-refractivity contribution in [1.82, 2.24) is 19.9 Å². The Balaban J connectivity index is 1.84. The maximum absolute atomic E-state index is 12.8. The summed E-state index contributed by atoms with van der Waals surface area (Å²) in [7, 11) is -3.67. The van der Waals surface area contributed by atoms with E-state index >= 15 is 0 Å². The summed E-state index contributed by atoms with van der Waals surface area (Å²) in [5, 5.41) is 9.71. The number of aromatic nitrogens is 3. The predicted octanol–water partition coefficient (Wildman–Crippen LogP) is 2.63. The van der Waals surface area contributed by atoms with Crippen LogP contribution in [0.1, 0.15) is 23.7 Å². The number of thiazole rings is 1. The van der Waals surface area contributed by atoms with Crippen molar-refractivity contribution in [3.63, 3.8) is 0 Å². The van der Waals surface area contributed by atoms with Gasteiger partial charge in [-0.1, -0.05) is 23.5 Å². The molecule has 0 bridgehead atoms. The summed E-state index contributed by atoms with van der Waals surface area (Å²) < 4.78 is 28.2. The fourth-order valence-electron chi connectivity index (χ4n) is 2.72. The van der Waals surface area contributed by atoms with Crippen molar-refractivity contribution < 1.29 is 13.2 Å². The molecular formula is C18H21N5O3S2. The number of sulfonamides is 1. The van der Waals surface area contributed by atoms with Gasteiger partial charge >= 0.3 is 0 Å². The number of benzene rings is 1. The fraction of sp³-hybridized carbons (Fsp3) is 0.278. The SMILES string of the molecule is CC(=O)Nc1nc(C)c(-c2ccc(C)c(S(=O)(=O)NCCc3cn[nH]c3)c2)s1. The van der Waals surface area contributed by atoms with Gasteiger partial charge in [-0.2, -0.15) is 5.10 Å². The van der Waals surface area contributed by atoms with Crippen LogP contribution in [0.5, 0.6) is 0 Å². The van der Waals surface area contributed by atoms with Crippen molar-refractivity contribution in [3.8, 4) is 10.4 Å². The molecule has 0 atom stereocenters. The summed E-state index contributed by atoms with van der Waals surface area (Å²) in [4.78, 5) is 16.6. The molecular weight excluding hydrogens is 398 g/mol. The van der Waals surface area contributed by atoms with Crippen LogP contribution in [0.2, 0.25) is 0 Å². The van der Waals surface area contributed by atoms with Crippen molar-refractivity contribution in [2.75, 3.05) is 11.9 Å². The number of carbonyl (C=O) groups is 1. The molecule has 3 aromatic rings. The number of aromatic amines is 1. The maximum Gasteiger partial charge on any atom is 0.240 e. The molecule has 0 saturated heterocycles. The van der Waals surface area contributed by atoms with Crippen molar-refractivity contribution in [2.24, 2.45) is 0 Å². The number of carbonyl (C=O) groups excluding carboxylic acids is 1. The average molecular weight is 420 g/mol. The summed E-state index contributed by atoms with van der Waals surface area (Å²) in [5.74, 6) is -0.200. The van der Waals surface area contributed by atoms with Gasteiger partial charge in [-0.3, -0.25) is 9.89 Å². The van der Waals surface area contributed by atoms with Gasteiger partial charge in [-0.05, 0) is 43.0 Å². The maximum atomic E-state index is 12.8. The second kappa shape index (κ2) is 8.21. The number of hydrogen-bond acceptors (Lipinski definition) is 6.